The second-order valence-corrected chi connectivity index (χ2v) is 4.59. The molecule has 5 heteroatoms. The Morgan fingerprint density at radius 1 is 1.33 bits per heavy atom. The number of hydrogen-bond acceptors (Lipinski definition) is 4. The molecule has 1 aromatic carbocycles. The van der Waals surface area contributed by atoms with Gasteiger partial charge in [-0.05, 0) is 37.4 Å². The number of aliphatic hydroxyl groups is 1. The summed E-state index contributed by atoms with van der Waals surface area (Å²) in [7, 11) is 0. The van der Waals surface area contributed by atoms with E-state index in [0.29, 0.717) is 36.9 Å². The zero-order valence-corrected chi connectivity index (χ0v) is 10.1. The summed E-state index contributed by atoms with van der Waals surface area (Å²) in [6.45, 7) is 0.151. The van der Waals surface area contributed by atoms with E-state index in [0.717, 1.165) is 0 Å². The predicted octanol–water partition coefficient (Wildman–Crippen LogP) is 1.40. The van der Waals surface area contributed by atoms with Gasteiger partial charge in [0.15, 0.2) is 11.5 Å². The van der Waals surface area contributed by atoms with Gasteiger partial charge in [0.05, 0.1) is 12.8 Å². The van der Waals surface area contributed by atoms with E-state index in [1.54, 1.807) is 6.07 Å². The van der Waals surface area contributed by atoms with Crippen LogP contribution < -0.4 is 5.32 Å². The van der Waals surface area contributed by atoms with Crippen LogP contribution in [-0.2, 0) is 6.42 Å². The molecule has 2 rings (SSSR count). The molecular weight excluding hydrogens is 237 g/mol. The lowest BCUT2D eigenvalue weighted by atomic mass is 9.85. The summed E-state index contributed by atoms with van der Waals surface area (Å²) in [5, 5.41) is 32.4. The van der Waals surface area contributed by atoms with E-state index in [-0.39, 0.29) is 24.2 Å². The van der Waals surface area contributed by atoms with Gasteiger partial charge < -0.3 is 20.6 Å². The monoisotopic (exact) mass is 255 g/mol. The number of hydrogen-bond donors (Lipinski definition) is 4. The summed E-state index contributed by atoms with van der Waals surface area (Å²) in [6, 6.07) is 2.87. The van der Waals surface area contributed by atoms with Crippen LogP contribution in [0.4, 0.5) is 4.39 Å². The third-order valence-corrected chi connectivity index (χ3v) is 3.42. The van der Waals surface area contributed by atoms with Crippen molar-refractivity contribution in [1.82, 2.24) is 5.32 Å². The highest BCUT2D eigenvalue weighted by Crippen LogP contribution is 2.39. The maximum absolute atomic E-state index is 12.0. The van der Waals surface area contributed by atoms with Gasteiger partial charge in [-0.25, -0.2) is 0 Å². The van der Waals surface area contributed by atoms with Crippen LogP contribution in [0.15, 0.2) is 12.1 Å². The average Bonchev–Trinajstić information content (AvgIpc) is 2.37. The molecule has 1 aliphatic rings. The Hall–Kier alpha value is -1.33. The van der Waals surface area contributed by atoms with Crippen molar-refractivity contribution in [3.05, 3.63) is 23.3 Å². The summed E-state index contributed by atoms with van der Waals surface area (Å²) in [5.41, 5.74) is 1.24. The molecule has 0 amide bonds. The highest BCUT2D eigenvalue weighted by molar-refractivity contribution is 5.51. The number of phenols is 2. The molecule has 0 saturated heterocycles. The maximum atomic E-state index is 12.0. The zero-order valence-electron chi connectivity index (χ0n) is 10.1. The first-order valence-electron chi connectivity index (χ1n) is 6.16. The molecule has 0 spiro atoms. The fourth-order valence-corrected chi connectivity index (χ4v) is 2.42. The summed E-state index contributed by atoms with van der Waals surface area (Å²) in [6.07, 6.45) is 0.925. The van der Waals surface area contributed by atoms with Crippen molar-refractivity contribution in [3.8, 4) is 11.5 Å². The molecule has 2 atom stereocenters. The van der Waals surface area contributed by atoms with Crippen molar-refractivity contribution in [2.75, 3.05) is 13.2 Å². The SMILES string of the molecule is Oc1ccc2c(c1O)CC[C@@H](NCCCF)[C@@H]2O. The summed E-state index contributed by atoms with van der Waals surface area (Å²) in [5.74, 6) is -0.307. The molecule has 100 valence electrons. The highest BCUT2D eigenvalue weighted by atomic mass is 19.1. The minimum atomic E-state index is -0.736. The quantitative estimate of drug-likeness (QED) is 0.484. The number of aliphatic hydroxyl groups excluding tert-OH is 1. The first kappa shape index (κ1) is 13.1. The standard InChI is InChI=1S/C13H18FNO3/c14-6-1-7-15-10-4-2-9-8(12(10)17)3-5-11(16)13(9)18/h3,5,10,12,15-18H,1-2,4,6-7H2/t10-,12-/m1/s1. The number of aromatic hydroxyl groups is 2. The molecule has 0 aromatic heterocycles. The molecule has 0 aliphatic heterocycles. The van der Waals surface area contributed by atoms with E-state index in [2.05, 4.69) is 5.32 Å². The van der Waals surface area contributed by atoms with E-state index in [4.69, 9.17) is 0 Å². The van der Waals surface area contributed by atoms with Gasteiger partial charge in [-0.3, -0.25) is 4.39 Å². The van der Waals surface area contributed by atoms with Crippen molar-refractivity contribution < 1.29 is 19.7 Å². The Balaban J connectivity index is 2.13. The Kier molecular flexibility index (Phi) is 4.04. The van der Waals surface area contributed by atoms with E-state index >= 15 is 0 Å². The number of alkyl halides is 1. The summed E-state index contributed by atoms with van der Waals surface area (Å²) in [4.78, 5) is 0. The van der Waals surface area contributed by atoms with E-state index < -0.39 is 6.10 Å². The molecule has 0 bridgehead atoms. The van der Waals surface area contributed by atoms with Crippen molar-refractivity contribution in [2.24, 2.45) is 0 Å². The molecule has 1 aliphatic carbocycles. The van der Waals surface area contributed by atoms with Gasteiger partial charge in [-0.15, -0.1) is 0 Å². The van der Waals surface area contributed by atoms with Gasteiger partial charge in [0.25, 0.3) is 0 Å². The van der Waals surface area contributed by atoms with Crippen LogP contribution in [0.5, 0.6) is 11.5 Å². The average molecular weight is 255 g/mol. The van der Waals surface area contributed by atoms with E-state index in [1.165, 1.54) is 6.07 Å². The van der Waals surface area contributed by atoms with Crippen LogP contribution in [0.3, 0.4) is 0 Å². The Morgan fingerprint density at radius 3 is 2.83 bits per heavy atom. The number of fused-ring (bicyclic) bond motifs is 1. The van der Waals surface area contributed by atoms with Crippen molar-refractivity contribution >= 4 is 0 Å². The number of halogens is 1. The summed E-state index contributed by atoms with van der Waals surface area (Å²) < 4.78 is 12.0. The van der Waals surface area contributed by atoms with Gasteiger partial charge in [-0.2, -0.15) is 0 Å². The molecule has 18 heavy (non-hydrogen) atoms. The topological polar surface area (TPSA) is 72.7 Å². The number of phenolic OH excluding ortho intramolecular Hbond substituents is 2. The van der Waals surface area contributed by atoms with Crippen molar-refractivity contribution in [3.63, 3.8) is 0 Å². The Bertz CT molecular complexity index is 425. The van der Waals surface area contributed by atoms with E-state index in [9.17, 15) is 19.7 Å². The summed E-state index contributed by atoms with van der Waals surface area (Å²) >= 11 is 0. The second kappa shape index (κ2) is 5.54. The van der Waals surface area contributed by atoms with Gasteiger partial charge >= 0.3 is 0 Å². The van der Waals surface area contributed by atoms with Crippen molar-refractivity contribution in [1.29, 1.82) is 0 Å². The van der Waals surface area contributed by atoms with Crippen LogP contribution in [0.1, 0.15) is 30.1 Å². The predicted molar refractivity (Wildman–Crippen MR) is 65.4 cm³/mol. The minimum absolute atomic E-state index is 0.131. The normalized spacial score (nSPS) is 22.8. The molecule has 0 fully saturated rings. The van der Waals surface area contributed by atoms with Gasteiger partial charge in [-0.1, -0.05) is 6.07 Å². The number of benzene rings is 1. The molecule has 0 unspecified atom stereocenters. The lowest BCUT2D eigenvalue weighted by Gasteiger charge is -2.31. The molecule has 0 heterocycles. The second-order valence-electron chi connectivity index (χ2n) is 4.59. The Morgan fingerprint density at radius 2 is 2.11 bits per heavy atom. The first-order chi connectivity index (χ1) is 8.65. The largest absolute Gasteiger partial charge is 0.504 e. The maximum Gasteiger partial charge on any atom is 0.161 e. The lowest BCUT2D eigenvalue weighted by Crippen LogP contribution is -2.39. The van der Waals surface area contributed by atoms with Gasteiger partial charge in [0.2, 0.25) is 0 Å². The third kappa shape index (κ3) is 2.42. The highest BCUT2D eigenvalue weighted by Gasteiger charge is 2.29. The Labute approximate surface area is 105 Å². The fraction of sp³-hybridized carbons (Fsp3) is 0.538. The third-order valence-electron chi connectivity index (χ3n) is 3.42. The van der Waals surface area contributed by atoms with Crippen LogP contribution in [0.2, 0.25) is 0 Å². The number of nitrogens with one attached hydrogen (secondary N) is 1. The van der Waals surface area contributed by atoms with Crippen LogP contribution in [-0.4, -0.2) is 34.6 Å². The molecule has 4 N–H and O–H groups in total. The lowest BCUT2D eigenvalue weighted by molar-refractivity contribution is 0.114. The van der Waals surface area contributed by atoms with Crippen LogP contribution >= 0.6 is 0 Å². The first-order valence-corrected chi connectivity index (χ1v) is 6.16. The molecule has 0 saturated carbocycles. The minimum Gasteiger partial charge on any atom is -0.504 e. The molecule has 1 aromatic rings. The van der Waals surface area contributed by atoms with E-state index in [1.807, 2.05) is 0 Å². The van der Waals surface area contributed by atoms with Crippen molar-refractivity contribution in [2.45, 2.75) is 31.4 Å². The van der Waals surface area contributed by atoms with Gasteiger partial charge in [0.1, 0.15) is 0 Å². The number of rotatable bonds is 4. The smallest absolute Gasteiger partial charge is 0.161 e. The fourth-order valence-electron chi connectivity index (χ4n) is 2.42. The zero-order chi connectivity index (χ0) is 13.1. The van der Waals surface area contributed by atoms with Crippen LogP contribution in [0, 0.1) is 0 Å². The van der Waals surface area contributed by atoms with Gasteiger partial charge in [0, 0.05) is 11.6 Å². The molecule has 0 radical (unpaired) electrons. The van der Waals surface area contributed by atoms with Crippen LogP contribution in [0.25, 0.3) is 0 Å². The molecule has 4 nitrogen and oxygen atoms in total. The molecular formula is C13H18FNO3.